The summed E-state index contributed by atoms with van der Waals surface area (Å²) in [4.78, 5) is 0.222. The Hall–Kier alpha value is -0.800. The van der Waals surface area contributed by atoms with Gasteiger partial charge in [-0.05, 0) is 53.8 Å². The highest BCUT2D eigenvalue weighted by atomic mass is 79.9. The Morgan fingerprint density at radius 3 is 2.70 bits per heavy atom. The molecule has 0 bridgehead atoms. The van der Waals surface area contributed by atoms with Gasteiger partial charge in [0.05, 0.1) is 11.4 Å². The lowest BCUT2D eigenvalue weighted by atomic mass is 9.97. The van der Waals surface area contributed by atoms with Crippen molar-refractivity contribution in [2.75, 3.05) is 6.61 Å². The fourth-order valence-corrected chi connectivity index (χ4v) is 3.86. The molecule has 20 heavy (non-hydrogen) atoms. The van der Waals surface area contributed by atoms with Crippen molar-refractivity contribution in [1.29, 1.82) is 0 Å². The molecule has 3 heteroatoms. The van der Waals surface area contributed by atoms with E-state index in [1.807, 2.05) is 0 Å². The molecule has 3 rings (SSSR count). The lowest BCUT2D eigenvalue weighted by Gasteiger charge is -2.16. The predicted octanol–water partition coefficient (Wildman–Crippen LogP) is 5.49. The first-order valence-corrected chi connectivity index (χ1v) is 8.43. The monoisotopic (exact) mass is 394 g/mol. The molecular weight excluding hydrogens is 380 g/mol. The first kappa shape index (κ1) is 14.2. The van der Waals surface area contributed by atoms with Gasteiger partial charge in [-0.15, -0.1) is 0 Å². The average molecular weight is 396 g/mol. The molecule has 1 heterocycles. The van der Waals surface area contributed by atoms with Gasteiger partial charge in [0.15, 0.2) is 0 Å². The third-order valence-electron chi connectivity index (χ3n) is 3.83. The lowest BCUT2D eigenvalue weighted by Crippen LogP contribution is -1.98. The smallest absolute Gasteiger partial charge is 0.122 e. The van der Waals surface area contributed by atoms with Crippen LogP contribution in [0.2, 0.25) is 0 Å². The number of ether oxygens (including phenoxy) is 1. The summed E-state index contributed by atoms with van der Waals surface area (Å²) in [5.41, 5.74) is 6.49. The number of benzene rings is 2. The van der Waals surface area contributed by atoms with Gasteiger partial charge in [0, 0.05) is 10.9 Å². The van der Waals surface area contributed by atoms with E-state index < -0.39 is 0 Å². The Labute approximate surface area is 136 Å². The Morgan fingerprint density at radius 1 is 1.10 bits per heavy atom. The summed E-state index contributed by atoms with van der Waals surface area (Å²) in [6, 6.07) is 10.9. The minimum atomic E-state index is 0.222. The van der Waals surface area contributed by atoms with Crippen molar-refractivity contribution in [2.45, 2.75) is 25.1 Å². The van der Waals surface area contributed by atoms with Crippen LogP contribution in [0.25, 0.3) is 0 Å². The van der Waals surface area contributed by atoms with E-state index in [-0.39, 0.29) is 4.83 Å². The van der Waals surface area contributed by atoms with Crippen molar-refractivity contribution in [3.8, 4) is 5.75 Å². The number of fused-ring (bicyclic) bond motifs is 1. The van der Waals surface area contributed by atoms with Gasteiger partial charge in [0.25, 0.3) is 0 Å². The first-order valence-electron chi connectivity index (χ1n) is 6.72. The van der Waals surface area contributed by atoms with Gasteiger partial charge in [0.2, 0.25) is 0 Å². The van der Waals surface area contributed by atoms with Crippen molar-refractivity contribution < 1.29 is 4.74 Å². The van der Waals surface area contributed by atoms with Crippen molar-refractivity contribution >= 4 is 31.9 Å². The Balaban J connectivity index is 2.00. The zero-order chi connectivity index (χ0) is 14.3. The first-order chi connectivity index (χ1) is 9.56. The molecule has 0 saturated carbocycles. The van der Waals surface area contributed by atoms with Gasteiger partial charge in [-0.3, -0.25) is 0 Å². The number of halogens is 2. The third-order valence-corrected chi connectivity index (χ3v) is 5.70. The molecule has 104 valence electrons. The Kier molecular flexibility index (Phi) is 3.91. The largest absolute Gasteiger partial charge is 0.493 e. The maximum absolute atomic E-state index is 5.58. The predicted molar refractivity (Wildman–Crippen MR) is 90.0 cm³/mol. The molecule has 0 radical (unpaired) electrons. The maximum Gasteiger partial charge on any atom is 0.122 e. The molecule has 0 amide bonds. The minimum absolute atomic E-state index is 0.222. The van der Waals surface area contributed by atoms with E-state index in [1.54, 1.807) is 0 Å². The molecule has 0 aromatic heterocycles. The zero-order valence-electron chi connectivity index (χ0n) is 11.5. The number of alkyl halides is 1. The molecule has 0 spiro atoms. The van der Waals surface area contributed by atoms with Gasteiger partial charge in [-0.25, -0.2) is 0 Å². The second-order valence-electron chi connectivity index (χ2n) is 5.29. The van der Waals surface area contributed by atoms with Crippen molar-refractivity contribution in [1.82, 2.24) is 0 Å². The second-order valence-corrected chi connectivity index (χ2v) is 7.06. The van der Waals surface area contributed by atoms with Crippen LogP contribution in [-0.4, -0.2) is 6.61 Å². The van der Waals surface area contributed by atoms with E-state index >= 15 is 0 Å². The standard InChI is InChI=1S/C17H16Br2O/c1-10-8-15(18)11(2)7-14(10)17(19)13-3-4-16-12(9-13)5-6-20-16/h3-4,7-9,17H,5-6H2,1-2H3. The summed E-state index contributed by atoms with van der Waals surface area (Å²) in [6.07, 6.45) is 1.02. The minimum Gasteiger partial charge on any atom is -0.493 e. The molecule has 1 atom stereocenters. The van der Waals surface area contributed by atoms with Crippen LogP contribution < -0.4 is 4.74 Å². The van der Waals surface area contributed by atoms with E-state index in [0.717, 1.165) is 18.8 Å². The highest BCUT2D eigenvalue weighted by molar-refractivity contribution is 9.10. The van der Waals surface area contributed by atoms with Crippen LogP contribution in [0.4, 0.5) is 0 Å². The van der Waals surface area contributed by atoms with Crippen LogP contribution in [-0.2, 0) is 6.42 Å². The summed E-state index contributed by atoms with van der Waals surface area (Å²) in [5, 5.41) is 0. The van der Waals surface area contributed by atoms with E-state index in [0.29, 0.717) is 0 Å². The van der Waals surface area contributed by atoms with Crippen molar-refractivity contribution in [3.05, 3.63) is 62.6 Å². The lowest BCUT2D eigenvalue weighted by molar-refractivity contribution is 0.357. The maximum atomic E-state index is 5.58. The summed E-state index contributed by atoms with van der Waals surface area (Å²) >= 11 is 7.45. The number of hydrogen-bond donors (Lipinski definition) is 0. The molecule has 0 N–H and O–H groups in total. The normalized spacial score (nSPS) is 14.8. The molecule has 1 aliphatic heterocycles. The summed E-state index contributed by atoms with van der Waals surface area (Å²) in [5.74, 6) is 1.04. The van der Waals surface area contributed by atoms with Crippen LogP contribution in [0, 0.1) is 13.8 Å². The molecule has 2 aromatic carbocycles. The Morgan fingerprint density at radius 2 is 1.90 bits per heavy atom. The molecule has 1 nitrogen and oxygen atoms in total. The third kappa shape index (κ3) is 2.53. The quantitative estimate of drug-likeness (QED) is 0.611. The van der Waals surface area contributed by atoms with Crippen LogP contribution in [0.3, 0.4) is 0 Å². The van der Waals surface area contributed by atoms with E-state index in [9.17, 15) is 0 Å². The van der Waals surface area contributed by atoms with Crippen molar-refractivity contribution in [3.63, 3.8) is 0 Å². The highest BCUT2D eigenvalue weighted by Crippen LogP contribution is 2.37. The molecule has 0 aliphatic carbocycles. The van der Waals surface area contributed by atoms with Gasteiger partial charge in [0.1, 0.15) is 5.75 Å². The molecule has 1 aliphatic rings. The molecule has 1 unspecified atom stereocenters. The summed E-state index contributed by atoms with van der Waals surface area (Å²) in [7, 11) is 0. The fraction of sp³-hybridized carbons (Fsp3) is 0.294. The van der Waals surface area contributed by atoms with Crippen LogP contribution in [0.1, 0.15) is 32.6 Å². The molecule has 0 fully saturated rings. The molecule has 2 aromatic rings. The SMILES string of the molecule is Cc1cc(C(Br)c2ccc3c(c2)CCO3)c(C)cc1Br. The highest BCUT2D eigenvalue weighted by Gasteiger charge is 2.18. The topological polar surface area (TPSA) is 9.23 Å². The number of hydrogen-bond acceptors (Lipinski definition) is 1. The van der Waals surface area contributed by atoms with Crippen LogP contribution >= 0.6 is 31.9 Å². The fourth-order valence-electron chi connectivity index (χ4n) is 2.62. The Bertz CT molecular complexity index is 664. The van der Waals surface area contributed by atoms with Crippen molar-refractivity contribution in [2.24, 2.45) is 0 Å². The van der Waals surface area contributed by atoms with E-state index in [2.05, 4.69) is 76.0 Å². The average Bonchev–Trinajstić information content (AvgIpc) is 2.89. The number of rotatable bonds is 2. The molecule has 0 saturated heterocycles. The van der Waals surface area contributed by atoms with Gasteiger partial charge >= 0.3 is 0 Å². The van der Waals surface area contributed by atoms with Gasteiger partial charge < -0.3 is 4.74 Å². The van der Waals surface area contributed by atoms with E-state index in [1.165, 1.54) is 32.3 Å². The summed E-state index contributed by atoms with van der Waals surface area (Å²) < 4.78 is 6.74. The van der Waals surface area contributed by atoms with Gasteiger partial charge in [-0.2, -0.15) is 0 Å². The summed E-state index contributed by atoms with van der Waals surface area (Å²) in [6.45, 7) is 5.09. The number of aryl methyl sites for hydroxylation is 2. The van der Waals surface area contributed by atoms with Crippen LogP contribution in [0.15, 0.2) is 34.8 Å². The second kappa shape index (κ2) is 5.53. The van der Waals surface area contributed by atoms with Crippen LogP contribution in [0.5, 0.6) is 5.75 Å². The van der Waals surface area contributed by atoms with Gasteiger partial charge in [-0.1, -0.05) is 50.1 Å². The zero-order valence-corrected chi connectivity index (χ0v) is 14.7. The molecular formula is C17H16Br2O. The van der Waals surface area contributed by atoms with E-state index in [4.69, 9.17) is 4.74 Å².